The van der Waals surface area contributed by atoms with Gasteiger partial charge in [0, 0.05) is 6.07 Å². The number of aliphatic hydroxyl groups is 1. The van der Waals surface area contributed by atoms with Gasteiger partial charge in [-0.3, -0.25) is 0 Å². The van der Waals surface area contributed by atoms with Crippen molar-refractivity contribution in [1.82, 2.24) is 4.98 Å². The number of aromatic nitrogens is 1. The van der Waals surface area contributed by atoms with Gasteiger partial charge in [-0.1, -0.05) is 0 Å². The fourth-order valence-electron chi connectivity index (χ4n) is 0.981. The molecule has 0 saturated heterocycles. The Bertz CT molecular complexity index is 380. The van der Waals surface area contributed by atoms with Crippen LogP contribution in [0.3, 0.4) is 0 Å². The summed E-state index contributed by atoms with van der Waals surface area (Å²) in [7, 11) is 1.17. The number of methoxy groups -OCH3 is 1. The lowest BCUT2D eigenvalue weighted by Crippen LogP contribution is -2.18. The maximum Gasteiger partial charge on any atom is 0.573 e. The molecule has 0 atom stereocenters. The summed E-state index contributed by atoms with van der Waals surface area (Å²) >= 11 is 0. The lowest BCUT2D eigenvalue weighted by Gasteiger charge is -2.13. The Morgan fingerprint density at radius 2 is 2.06 bits per heavy atom. The van der Waals surface area contributed by atoms with Crippen molar-refractivity contribution in [3.05, 3.63) is 11.8 Å². The number of aliphatic hydroxyl groups excluding tert-OH is 1. The average Bonchev–Trinajstić information content (AvgIpc) is 2.16. The minimum atomic E-state index is -4.92. The summed E-state index contributed by atoms with van der Waals surface area (Å²) in [4.78, 5) is 3.45. The summed E-state index contributed by atoms with van der Waals surface area (Å²) in [5.74, 6) is -1.68. The molecule has 0 aliphatic heterocycles. The predicted octanol–water partition coefficient (Wildman–Crippen LogP) is 1.19. The Labute approximate surface area is 88.1 Å². The zero-order chi connectivity index (χ0) is 12.3. The van der Waals surface area contributed by atoms with Crippen LogP contribution in [0.5, 0.6) is 17.4 Å². The average molecular weight is 239 g/mol. The lowest BCUT2D eigenvalue weighted by molar-refractivity contribution is -0.275. The number of hydrogen-bond donors (Lipinski definition) is 2. The van der Waals surface area contributed by atoms with E-state index in [1.54, 1.807) is 0 Å². The van der Waals surface area contributed by atoms with Crippen LogP contribution in [0, 0.1) is 0 Å². The van der Waals surface area contributed by atoms with E-state index in [9.17, 15) is 18.3 Å². The third kappa shape index (κ3) is 2.89. The van der Waals surface area contributed by atoms with E-state index in [0.717, 1.165) is 0 Å². The third-order valence-electron chi connectivity index (χ3n) is 1.58. The summed E-state index contributed by atoms with van der Waals surface area (Å²) in [5.41, 5.74) is -0.382. The zero-order valence-corrected chi connectivity index (χ0v) is 8.08. The first-order chi connectivity index (χ1) is 7.37. The molecular weight excluding hydrogens is 231 g/mol. The van der Waals surface area contributed by atoms with E-state index < -0.39 is 24.5 Å². The Balaban J connectivity index is 3.13. The molecule has 0 unspecified atom stereocenters. The van der Waals surface area contributed by atoms with Crippen LogP contribution < -0.4 is 9.47 Å². The SMILES string of the molecule is COc1nc(CO)c(OC(F)(F)F)cc1O. The highest BCUT2D eigenvalue weighted by Crippen LogP contribution is 2.33. The number of alkyl halides is 3. The Hall–Kier alpha value is -1.70. The van der Waals surface area contributed by atoms with Crippen molar-refractivity contribution in [1.29, 1.82) is 0 Å². The van der Waals surface area contributed by atoms with Gasteiger partial charge in [-0.15, -0.1) is 13.2 Å². The molecule has 0 aliphatic rings. The molecular formula is C8H8F3NO4. The molecule has 0 aliphatic carbocycles. The number of pyridine rings is 1. The fourth-order valence-corrected chi connectivity index (χ4v) is 0.981. The molecule has 0 bridgehead atoms. The molecule has 1 rings (SSSR count). The van der Waals surface area contributed by atoms with Crippen LogP contribution in [-0.2, 0) is 6.61 Å². The van der Waals surface area contributed by atoms with Crippen LogP contribution in [0.4, 0.5) is 13.2 Å². The number of rotatable bonds is 3. The summed E-state index contributed by atoms with van der Waals surface area (Å²) in [6, 6.07) is 0.672. The number of halogens is 3. The number of nitrogens with zero attached hydrogens (tertiary/aromatic N) is 1. The van der Waals surface area contributed by atoms with E-state index in [0.29, 0.717) is 6.07 Å². The molecule has 0 fully saturated rings. The molecule has 2 N–H and O–H groups in total. The maximum absolute atomic E-state index is 11.9. The third-order valence-corrected chi connectivity index (χ3v) is 1.58. The second kappa shape index (κ2) is 4.44. The van der Waals surface area contributed by atoms with Crippen LogP contribution in [0.25, 0.3) is 0 Å². The van der Waals surface area contributed by atoms with Gasteiger partial charge in [0.05, 0.1) is 13.7 Å². The molecule has 0 radical (unpaired) electrons. The monoisotopic (exact) mass is 239 g/mol. The van der Waals surface area contributed by atoms with Crippen LogP contribution in [-0.4, -0.2) is 28.7 Å². The quantitative estimate of drug-likeness (QED) is 0.828. The second-order valence-electron chi connectivity index (χ2n) is 2.67. The lowest BCUT2D eigenvalue weighted by atomic mass is 10.3. The summed E-state index contributed by atoms with van der Waals surface area (Å²) in [6.45, 7) is -0.776. The minimum absolute atomic E-state index is 0.293. The van der Waals surface area contributed by atoms with Crippen LogP contribution in [0.1, 0.15) is 5.69 Å². The predicted molar refractivity (Wildman–Crippen MR) is 45.1 cm³/mol. The molecule has 8 heteroatoms. The van der Waals surface area contributed by atoms with E-state index in [1.165, 1.54) is 7.11 Å². The molecule has 0 aromatic carbocycles. The summed E-state index contributed by atoms with van der Waals surface area (Å²) in [6.07, 6.45) is -4.92. The van der Waals surface area contributed by atoms with Crippen molar-refractivity contribution in [2.75, 3.05) is 7.11 Å². The first-order valence-electron chi connectivity index (χ1n) is 4.01. The van der Waals surface area contributed by atoms with Gasteiger partial charge in [0.2, 0.25) is 0 Å². The second-order valence-corrected chi connectivity index (χ2v) is 2.67. The van der Waals surface area contributed by atoms with Crippen molar-refractivity contribution in [3.63, 3.8) is 0 Å². The van der Waals surface area contributed by atoms with Crippen molar-refractivity contribution in [2.45, 2.75) is 13.0 Å². The van der Waals surface area contributed by atoms with Gasteiger partial charge in [0.15, 0.2) is 11.5 Å². The highest BCUT2D eigenvalue weighted by atomic mass is 19.4. The largest absolute Gasteiger partial charge is 0.573 e. The molecule has 16 heavy (non-hydrogen) atoms. The fraction of sp³-hybridized carbons (Fsp3) is 0.375. The van der Waals surface area contributed by atoms with Gasteiger partial charge in [-0.2, -0.15) is 0 Å². The van der Waals surface area contributed by atoms with Crippen molar-refractivity contribution >= 4 is 0 Å². The van der Waals surface area contributed by atoms with E-state index in [1.807, 2.05) is 0 Å². The molecule has 90 valence electrons. The van der Waals surface area contributed by atoms with Gasteiger partial charge in [0.1, 0.15) is 5.69 Å². The van der Waals surface area contributed by atoms with Gasteiger partial charge in [0.25, 0.3) is 5.88 Å². The van der Waals surface area contributed by atoms with Crippen molar-refractivity contribution in [2.24, 2.45) is 0 Å². The summed E-state index contributed by atoms with van der Waals surface area (Å²) < 4.78 is 43.9. The van der Waals surface area contributed by atoms with Crippen LogP contribution in [0.15, 0.2) is 6.07 Å². The minimum Gasteiger partial charge on any atom is -0.503 e. The number of ether oxygens (including phenoxy) is 2. The van der Waals surface area contributed by atoms with Crippen LogP contribution in [0.2, 0.25) is 0 Å². The smallest absolute Gasteiger partial charge is 0.503 e. The Morgan fingerprint density at radius 1 is 1.44 bits per heavy atom. The van der Waals surface area contributed by atoms with Gasteiger partial charge in [-0.05, 0) is 0 Å². The molecule has 5 nitrogen and oxygen atoms in total. The standard InChI is InChI=1S/C8H8F3NO4/c1-15-7-5(14)2-6(4(3-13)12-7)16-8(9,10)11/h2,13-14H,3H2,1H3. The first-order valence-corrected chi connectivity index (χ1v) is 4.01. The topological polar surface area (TPSA) is 71.8 Å². The van der Waals surface area contributed by atoms with Crippen molar-refractivity contribution in [3.8, 4) is 17.4 Å². The van der Waals surface area contributed by atoms with E-state index in [2.05, 4.69) is 14.5 Å². The Morgan fingerprint density at radius 3 is 2.50 bits per heavy atom. The van der Waals surface area contributed by atoms with E-state index >= 15 is 0 Å². The van der Waals surface area contributed by atoms with E-state index in [-0.39, 0.29) is 11.6 Å². The molecule has 0 saturated carbocycles. The van der Waals surface area contributed by atoms with E-state index in [4.69, 9.17) is 5.11 Å². The zero-order valence-electron chi connectivity index (χ0n) is 8.08. The molecule has 1 heterocycles. The summed E-state index contributed by atoms with van der Waals surface area (Å²) in [5, 5.41) is 18.0. The highest BCUT2D eigenvalue weighted by molar-refractivity contribution is 5.42. The molecule has 0 amide bonds. The number of aromatic hydroxyl groups is 1. The Kier molecular flexibility index (Phi) is 3.43. The first kappa shape index (κ1) is 12.4. The molecule has 1 aromatic rings. The number of hydrogen-bond acceptors (Lipinski definition) is 5. The molecule has 1 aromatic heterocycles. The maximum atomic E-state index is 11.9. The molecule has 0 spiro atoms. The van der Waals surface area contributed by atoms with Gasteiger partial charge in [-0.25, -0.2) is 4.98 Å². The van der Waals surface area contributed by atoms with Gasteiger partial charge < -0.3 is 19.7 Å². The normalized spacial score (nSPS) is 11.3. The van der Waals surface area contributed by atoms with Gasteiger partial charge >= 0.3 is 6.36 Å². The highest BCUT2D eigenvalue weighted by Gasteiger charge is 2.33. The van der Waals surface area contributed by atoms with Crippen molar-refractivity contribution < 1.29 is 32.9 Å². The van der Waals surface area contributed by atoms with Crippen LogP contribution >= 0.6 is 0 Å².